The van der Waals surface area contributed by atoms with Crippen LogP contribution in [-0.4, -0.2) is 35.6 Å². The van der Waals surface area contributed by atoms with Crippen molar-refractivity contribution in [3.8, 4) is 0 Å². The number of amides is 2. The second-order valence-corrected chi connectivity index (χ2v) is 8.24. The fourth-order valence-corrected chi connectivity index (χ4v) is 4.18. The van der Waals surface area contributed by atoms with Gasteiger partial charge in [0.15, 0.2) is 0 Å². The van der Waals surface area contributed by atoms with E-state index in [0.717, 1.165) is 11.1 Å². The van der Waals surface area contributed by atoms with Gasteiger partial charge in [-0.15, -0.1) is 11.8 Å². The van der Waals surface area contributed by atoms with Crippen LogP contribution in [0, 0.1) is 5.82 Å². The maximum atomic E-state index is 13.0. The van der Waals surface area contributed by atoms with Crippen LogP contribution in [0.1, 0.15) is 24.5 Å². The number of carbonyl (C=O) groups is 2. The molecule has 156 valence electrons. The van der Waals surface area contributed by atoms with Crippen LogP contribution >= 0.6 is 35.0 Å². The van der Waals surface area contributed by atoms with Crippen LogP contribution in [-0.2, 0) is 21.9 Å². The third kappa shape index (κ3) is 6.91. The molecule has 2 aromatic rings. The highest BCUT2D eigenvalue weighted by atomic mass is 35.5. The van der Waals surface area contributed by atoms with E-state index < -0.39 is 6.04 Å². The summed E-state index contributed by atoms with van der Waals surface area (Å²) in [4.78, 5) is 26.9. The van der Waals surface area contributed by atoms with Crippen molar-refractivity contribution in [1.82, 2.24) is 10.2 Å². The van der Waals surface area contributed by atoms with Gasteiger partial charge in [0, 0.05) is 29.4 Å². The lowest BCUT2D eigenvalue weighted by molar-refractivity contribution is -0.139. The highest BCUT2D eigenvalue weighted by molar-refractivity contribution is 7.99. The number of nitrogens with one attached hydrogen (secondary N) is 1. The molecule has 2 aromatic carbocycles. The molecule has 1 N–H and O–H groups in total. The number of halogens is 3. The zero-order chi connectivity index (χ0) is 21.4. The molecule has 0 heterocycles. The molecule has 4 nitrogen and oxygen atoms in total. The van der Waals surface area contributed by atoms with Gasteiger partial charge in [-0.3, -0.25) is 9.59 Å². The van der Waals surface area contributed by atoms with E-state index in [-0.39, 0.29) is 29.9 Å². The van der Waals surface area contributed by atoms with Gasteiger partial charge in [0.1, 0.15) is 11.9 Å². The summed E-state index contributed by atoms with van der Waals surface area (Å²) < 4.78 is 13.0. The molecule has 0 radical (unpaired) electrons. The summed E-state index contributed by atoms with van der Waals surface area (Å²) in [5.41, 5.74) is 1.64. The average Bonchev–Trinajstić information content (AvgIpc) is 2.70. The van der Waals surface area contributed by atoms with E-state index in [1.165, 1.54) is 23.9 Å². The van der Waals surface area contributed by atoms with Crippen LogP contribution in [0.15, 0.2) is 42.5 Å². The molecule has 0 spiro atoms. The summed E-state index contributed by atoms with van der Waals surface area (Å²) in [6.45, 7) is 2.06. The normalized spacial score (nSPS) is 11.8. The van der Waals surface area contributed by atoms with Crippen molar-refractivity contribution < 1.29 is 14.0 Å². The fourth-order valence-electron chi connectivity index (χ4n) is 2.84. The Morgan fingerprint density at radius 3 is 2.45 bits per heavy atom. The van der Waals surface area contributed by atoms with E-state index in [1.54, 1.807) is 42.3 Å². The number of hydrogen-bond donors (Lipinski definition) is 1. The van der Waals surface area contributed by atoms with E-state index in [1.807, 2.05) is 6.92 Å². The maximum absolute atomic E-state index is 13.0. The number of benzene rings is 2. The molecule has 0 aliphatic heterocycles. The summed E-state index contributed by atoms with van der Waals surface area (Å²) >= 11 is 13.7. The van der Waals surface area contributed by atoms with Crippen LogP contribution in [0.5, 0.6) is 0 Å². The lowest BCUT2D eigenvalue weighted by Gasteiger charge is -2.30. The Morgan fingerprint density at radius 2 is 1.86 bits per heavy atom. The average molecular weight is 457 g/mol. The monoisotopic (exact) mass is 456 g/mol. The summed E-state index contributed by atoms with van der Waals surface area (Å²) in [6, 6.07) is 10.6. The van der Waals surface area contributed by atoms with Gasteiger partial charge in [-0.25, -0.2) is 4.39 Å². The number of nitrogens with zero attached hydrogens (tertiary/aromatic N) is 1. The third-order valence-corrected chi connectivity index (χ3v) is 5.97. The van der Waals surface area contributed by atoms with Gasteiger partial charge in [0.2, 0.25) is 11.8 Å². The molecule has 29 heavy (non-hydrogen) atoms. The summed E-state index contributed by atoms with van der Waals surface area (Å²) in [5.74, 6) is 0.0688. The van der Waals surface area contributed by atoms with E-state index in [2.05, 4.69) is 5.32 Å². The third-order valence-electron chi connectivity index (χ3n) is 4.40. The van der Waals surface area contributed by atoms with E-state index in [9.17, 15) is 14.0 Å². The first kappa shape index (κ1) is 23.5. The molecule has 0 fully saturated rings. The molecule has 0 aromatic heterocycles. The molecule has 2 amide bonds. The Morgan fingerprint density at radius 1 is 1.17 bits per heavy atom. The first-order valence-corrected chi connectivity index (χ1v) is 11.0. The Kier molecular flexibility index (Phi) is 9.27. The predicted octanol–water partition coefficient (Wildman–Crippen LogP) is 4.92. The fraction of sp³-hybridized carbons (Fsp3) is 0.333. The Labute approximate surface area is 184 Å². The SMILES string of the molecule is CC[C@H](C(=O)NC)N(Cc1ccc(Cl)cc1Cl)C(=O)CSCc1ccc(F)cc1. The van der Waals surface area contributed by atoms with E-state index >= 15 is 0 Å². The molecule has 8 heteroatoms. The topological polar surface area (TPSA) is 49.4 Å². The number of carbonyl (C=O) groups excluding carboxylic acids is 2. The van der Waals surface area contributed by atoms with E-state index in [0.29, 0.717) is 22.2 Å². The molecule has 0 unspecified atom stereocenters. The van der Waals surface area contributed by atoms with Crippen molar-refractivity contribution in [3.05, 3.63) is 69.5 Å². The first-order valence-electron chi connectivity index (χ1n) is 9.12. The maximum Gasteiger partial charge on any atom is 0.242 e. The molecular weight excluding hydrogens is 434 g/mol. The minimum absolute atomic E-state index is 0.168. The van der Waals surface area contributed by atoms with Crippen molar-refractivity contribution in [1.29, 1.82) is 0 Å². The quantitative estimate of drug-likeness (QED) is 0.582. The number of likely N-dealkylation sites (N-methyl/N-ethyl adjacent to an activating group) is 1. The number of rotatable bonds is 9. The lowest BCUT2D eigenvalue weighted by atomic mass is 10.1. The van der Waals surface area contributed by atoms with Crippen LogP contribution in [0.3, 0.4) is 0 Å². The second kappa shape index (κ2) is 11.4. The van der Waals surface area contributed by atoms with Gasteiger partial charge < -0.3 is 10.2 Å². The van der Waals surface area contributed by atoms with Crippen molar-refractivity contribution in [2.24, 2.45) is 0 Å². The molecule has 0 saturated heterocycles. The largest absolute Gasteiger partial charge is 0.357 e. The molecule has 0 bridgehead atoms. The minimum Gasteiger partial charge on any atom is -0.357 e. The van der Waals surface area contributed by atoms with Crippen LogP contribution in [0.25, 0.3) is 0 Å². The Hall–Kier alpha value is -1.76. The minimum atomic E-state index is -0.606. The lowest BCUT2D eigenvalue weighted by Crippen LogP contribution is -2.48. The molecular formula is C21H23Cl2FN2O2S. The van der Waals surface area contributed by atoms with Crippen molar-refractivity contribution in [2.75, 3.05) is 12.8 Å². The second-order valence-electron chi connectivity index (χ2n) is 6.41. The highest BCUT2D eigenvalue weighted by Crippen LogP contribution is 2.24. The van der Waals surface area contributed by atoms with Gasteiger partial charge in [-0.2, -0.15) is 0 Å². The van der Waals surface area contributed by atoms with Gasteiger partial charge in [0.25, 0.3) is 0 Å². The van der Waals surface area contributed by atoms with Gasteiger partial charge >= 0.3 is 0 Å². The van der Waals surface area contributed by atoms with Gasteiger partial charge in [-0.1, -0.05) is 48.3 Å². The Bertz CT molecular complexity index is 849. The standard InChI is InChI=1S/C21H23Cl2FN2O2S/c1-3-19(21(28)25-2)26(11-15-6-7-16(22)10-18(15)23)20(27)13-29-12-14-4-8-17(24)9-5-14/h4-10,19H,3,11-13H2,1-2H3,(H,25,28)/t19-/m1/s1. The summed E-state index contributed by atoms with van der Waals surface area (Å²) in [5, 5.41) is 3.57. The summed E-state index contributed by atoms with van der Waals surface area (Å²) in [6.07, 6.45) is 0.471. The summed E-state index contributed by atoms with van der Waals surface area (Å²) in [7, 11) is 1.55. The molecule has 0 saturated carbocycles. The molecule has 2 rings (SSSR count). The van der Waals surface area contributed by atoms with Crippen LogP contribution < -0.4 is 5.32 Å². The van der Waals surface area contributed by atoms with Crippen molar-refractivity contribution in [3.63, 3.8) is 0 Å². The molecule has 0 aliphatic carbocycles. The van der Waals surface area contributed by atoms with E-state index in [4.69, 9.17) is 23.2 Å². The molecule has 0 aliphatic rings. The van der Waals surface area contributed by atoms with Crippen molar-refractivity contribution in [2.45, 2.75) is 31.7 Å². The van der Waals surface area contributed by atoms with Crippen LogP contribution in [0.2, 0.25) is 10.0 Å². The highest BCUT2D eigenvalue weighted by Gasteiger charge is 2.28. The van der Waals surface area contributed by atoms with Crippen LogP contribution in [0.4, 0.5) is 4.39 Å². The van der Waals surface area contributed by atoms with Gasteiger partial charge in [0.05, 0.1) is 5.75 Å². The Balaban J connectivity index is 2.13. The van der Waals surface area contributed by atoms with Crippen molar-refractivity contribution >= 4 is 46.8 Å². The molecule has 1 atom stereocenters. The predicted molar refractivity (Wildman–Crippen MR) is 118 cm³/mol. The zero-order valence-corrected chi connectivity index (χ0v) is 18.6. The van der Waals surface area contributed by atoms with Gasteiger partial charge in [-0.05, 0) is 41.8 Å². The number of hydrogen-bond acceptors (Lipinski definition) is 3. The number of thioether (sulfide) groups is 1. The first-order chi connectivity index (χ1) is 13.8. The smallest absolute Gasteiger partial charge is 0.242 e. The zero-order valence-electron chi connectivity index (χ0n) is 16.3.